The zero-order valence-electron chi connectivity index (χ0n) is 13.8. The van der Waals surface area contributed by atoms with Gasteiger partial charge in [-0.1, -0.05) is 48.0 Å². The Labute approximate surface area is 152 Å². The lowest BCUT2D eigenvalue weighted by molar-refractivity contribution is 0.0964. The Hall–Kier alpha value is -2.19. The van der Waals surface area contributed by atoms with Crippen LogP contribution < -0.4 is 0 Å². The van der Waals surface area contributed by atoms with Crippen molar-refractivity contribution in [3.8, 4) is 0 Å². The fourth-order valence-corrected chi connectivity index (χ4v) is 4.13. The maximum Gasteiger partial charge on any atom is 0.194 e. The average Bonchev–Trinajstić information content (AvgIpc) is 2.66. The summed E-state index contributed by atoms with van der Waals surface area (Å²) in [5.41, 5.74) is 2.89. The number of hydrogen-bond donors (Lipinski definition) is 0. The van der Waals surface area contributed by atoms with E-state index in [-0.39, 0.29) is 17.5 Å². The lowest BCUT2D eigenvalue weighted by atomic mass is 9.72. The van der Waals surface area contributed by atoms with Gasteiger partial charge in [0.25, 0.3) is 0 Å². The second kappa shape index (κ2) is 6.61. The summed E-state index contributed by atoms with van der Waals surface area (Å²) >= 11 is 5.97. The second-order valence-corrected chi connectivity index (χ2v) is 7.28. The summed E-state index contributed by atoms with van der Waals surface area (Å²) in [6.45, 7) is 0. The lowest BCUT2D eigenvalue weighted by Gasteiger charge is -2.31. The lowest BCUT2D eigenvalue weighted by Crippen LogP contribution is -2.25. The topological polar surface area (TPSA) is 34.1 Å². The first-order valence-electron chi connectivity index (χ1n) is 8.71. The Bertz CT molecular complexity index is 856. The standard InChI is InChI=1S/C22H18ClO2/c23-17-11-9-15(10-12-17)14-5-7-16(8-6-14)20-13-21(24)18-3-1-2-4-19(18)22(20)25/h1-4,9-12,14,16H,5-8H2. The normalized spacial score (nSPS) is 23.2. The molecule has 0 amide bonds. The van der Waals surface area contributed by atoms with Gasteiger partial charge in [0.2, 0.25) is 0 Å². The minimum Gasteiger partial charge on any atom is -0.289 e. The Kier molecular flexibility index (Phi) is 4.30. The van der Waals surface area contributed by atoms with Crippen LogP contribution in [0.25, 0.3) is 0 Å². The van der Waals surface area contributed by atoms with Gasteiger partial charge in [0.05, 0.1) is 0 Å². The van der Waals surface area contributed by atoms with Crippen LogP contribution in [0.15, 0.2) is 54.1 Å². The number of ketones is 2. The monoisotopic (exact) mass is 349 g/mol. The zero-order chi connectivity index (χ0) is 17.4. The van der Waals surface area contributed by atoms with E-state index in [1.807, 2.05) is 18.2 Å². The SMILES string of the molecule is O=C1[C]=C(C2CCC(c3ccc(Cl)cc3)CC2)C(=O)c2ccccc21. The second-order valence-electron chi connectivity index (χ2n) is 6.84. The minimum absolute atomic E-state index is 0.0230. The maximum atomic E-state index is 12.8. The van der Waals surface area contributed by atoms with Crippen molar-refractivity contribution in [1.29, 1.82) is 0 Å². The van der Waals surface area contributed by atoms with E-state index in [0.717, 1.165) is 30.7 Å². The summed E-state index contributed by atoms with van der Waals surface area (Å²) in [5.74, 6) is 0.444. The molecule has 2 nitrogen and oxygen atoms in total. The number of rotatable bonds is 2. The van der Waals surface area contributed by atoms with Crippen molar-refractivity contribution in [1.82, 2.24) is 0 Å². The summed E-state index contributed by atoms with van der Waals surface area (Å²) in [4.78, 5) is 25.1. The van der Waals surface area contributed by atoms with E-state index in [1.165, 1.54) is 5.56 Å². The summed E-state index contributed by atoms with van der Waals surface area (Å²) in [6.07, 6.45) is 6.72. The molecule has 0 saturated heterocycles. The van der Waals surface area contributed by atoms with Gasteiger partial charge in [-0.05, 0) is 55.2 Å². The Morgan fingerprint density at radius 2 is 1.40 bits per heavy atom. The predicted molar refractivity (Wildman–Crippen MR) is 98.0 cm³/mol. The fourth-order valence-electron chi connectivity index (χ4n) is 4.01. The highest BCUT2D eigenvalue weighted by Gasteiger charge is 2.33. The van der Waals surface area contributed by atoms with Crippen LogP contribution in [-0.4, -0.2) is 11.6 Å². The smallest absolute Gasteiger partial charge is 0.194 e. The van der Waals surface area contributed by atoms with E-state index in [0.29, 0.717) is 22.6 Å². The number of fused-ring (bicyclic) bond motifs is 1. The van der Waals surface area contributed by atoms with Crippen molar-refractivity contribution in [2.24, 2.45) is 5.92 Å². The quantitative estimate of drug-likeness (QED) is 0.725. The number of hydrogen-bond acceptors (Lipinski definition) is 2. The first kappa shape index (κ1) is 16.3. The first-order chi connectivity index (χ1) is 12.1. The average molecular weight is 350 g/mol. The van der Waals surface area contributed by atoms with Gasteiger partial charge < -0.3 is 0 Å². The van der Waals surface area contributed by atoms with E-state index < -0.39 is 0 Å². The van der Waals surface area contributed by atoms with Crippen molar-refractivity contribution >= 4 is 23.2 Å². The minimum atomic E-state index is -0.162. The molecular weight excluding hydrogens is 332 g/mol. The molecule has 0 spiro atoms. The van der Waals surface area contributed by atoms with Gasteiger partial charge in [0, 0.05) is 27.8 Å². The summed E-state index contributed by atoms with van der Waals surface area (Å²) in [6, 6.07) is 15.1. The van der Waals surface area contributed by atoms with Gasteiger partial charge in [-0.15, -0.1) is 0 Å². The van der Waals surface area contributed by atoms with Crippen LogP contribution in [0.5, 0.6) is 0 Å². The molecule has 0 aromatic heterocycles. The van der Waals surface area contributed by atoms with Gasteiger partial charge in [-0.2, -0.15) is 0 Å². The van der Waals surface area contributed by atoms with Gasteiger partial charge in [0.1, 0.15) is 0 Å². The van der Waals surface area contributed by atoms with Crippen molar-refractivity contribution in [2.45, 2.75) is 31.6 Å². The molecule has 1 saturated carbocycles. The molecular formula is C22H18ClO2. The molecule has 4 rings (SSSR count). The Balaban J connectivity index is 1.50. The van der Waals surface area contributed by atoms with E-state index in [9.17, 15) is 9.59 Å². The zero-order valence-corrected chi connectivity index (χ0v) is 14.6. The predicted octanol–water partition coefficient (Wildman–Crippen LogP) is 5.42. The van der Waals surface area contributed by atoms with E-state index in [2.05, 4.69) is 18.2 Å². The molecule has 0 atom stereocenters. The third-order valence-corrected chi connectivity index (χ3v) is 5.64. The van der Waals surface area contributed by atoms with Crippen LogP contribution in [0.2, 0.25) is 5.02 Å². The highest BCUT2D eigenvalue weighted by molar-refractivity contribution is 6.30. The molecule has 0 N–H and O–H groups in total. The van der Waals surface area contributed by atoms with Crippen LogP contribution in [0, 0.1) is 12.0 Å². The summed E-state index contributed by atoms with van der Waals surface area (Å²) in [5, 5.41) is 0.752. The molecule has 2 aliphatic carbocycles. The molecule has 25 heavy (non-hydrogen) atoms. The van der Waals surface area contributed by atoms with Crippen LogP contribution in [0.3, 0.4) is 0 Å². The molecule has 125 valence electrons. The van der Waals surface area contributed by atoms with Gasteiger partial charge >= 0.3 is 0 Å². The number of allylic oxidation sites excluding steroid dienone is 2. The van der Waals surface area contributed by atoms with E-state index in [1.54, 1.807) is 18.2 Å². The van der Waals surface area contributed by atoms with Gasteiger partial charge in [-0.3, -0.25) is 9.59 Å². The molecule has 1 radical (unpaired) electrons. The number of benzene rings is 2. The number of carbonyl (C=O) groups excluding carboxylic acids is 2. The third kappa shape index (κ3) is 3.07. The molecule has 1 fully saturated rings. The molecule has 0 heterocycles. The van der Waals surface area contributed by atoms with Crippen LogP contribution in [0.4, 0.5) is 0 Å². The molecule has 0 aliphatic heterocycles. The highest BCUT2D eigenvalue weighted by Crippen LogP contribution is 2.40. The van der Waals surface area contributed by atoms with Crippen molar-refractivity contribution in [3.63, 3.8) is 0 Å². The van der Waals surface area contributed by atoms with Crippen molar-refractivity contribution < 1.29 is 9.59 Å². The maximum absolute atomic E-state index is 12.8. The largest absolute Gasteiger partial charge is 0.289 e. The third-order valence-electron chi connectivity index (χ3n) is 5.39. The summed E-state index contributed by atoms with van der Waals surface area (Å²) in [7, 11) is 0. The summed E-state index contributed by atoms with van der Waals surface area (Å²) < 4.78 is 0. The van der Waals surface area contributed by atoms with Crippen molar-refractivity contribution in [2.75, 3.05) is 0 Å². The van der Waals surface area contributed by atoms with Gasteiger partial charge in [0.15, 0.2) is 11.6 Å². The fraction of sp³-hybridized carbons (Fsp3) is 0.273. The van der Waals surface area contributed by atoms with E-state index >= 15 is 0 Å². The Morgan fingerprint density at radius 3 is 2.08 bits per heavy atom. The molecule has 0 bridgehead atoms. The number of halogens is 1. The molecule has 3 heteroatoms. The van der Waals surface area contributed by atoms with Crippen LogP contribution in [0.1, 0.15) is 57.9 Å². The number of Topliss-reactive ketones (excluding diaryl/α,β-unsaturated/α-hetero) is 2. The molecule has 2 aromatic carbocycles. The molecule has 2 aliphatic rings. The highest BCUT2D eigenvalue weighted by atomic mass is 35.5. The van der Waals surface area contributed by atoms with Gasteiger partial charge in [-0.25, -0.2) is 0 Å². The van der Waals surface area contributed by atoms with Crippen LogP contribution in [-0.2, 0) is 0 Å². The molecule has 2 aromatic rings. The van der Waals surface area contributed by atoms with E-state index in [4.69, 9.17) is 11.6 Å². The number of carbonyl (C=O) groups is 2. The molecule has 0 unspecified atom stereocenters. The Morgan fingerprint density at radius 1 is 0.800 bits per heavy atom. The first-order valence-corrected chi connectivity index (χ1v) is 9.08. The van der Waals surface area contributed by atoms with Crippen LogP contribution >= 0.6 is 11.6 Å². The van der Waals surface area contributed by atoms with Crippen molar-refractivity contribution in [3.05, 3.63) is 81.9 Å².